The fraction of sp³-hybridized carbons (Fsp3) is 0.786. The summed E-state index contributed by atoms with van der Waals surface area (Å²) in [5.74, 6) is -2.86. The van der Waals surface area contributed by atoms with Crippen LogP contribution < -0.4 is 0 Å². The van der Waals surface area contributed by atoms with Gasteiger partial charge in [0.15, 0.2) is 5.78 Å². The standard InChI is InChI=1S/C14H24O6/c1-9(15)14(18,11(17)20-13(5,6)7)8-10(16)19-12(2,3)4/h18H,8H2,1-7H3. The van der Waals surface area contributed by atoms with Crippen molar-refractivity contribution in [2.24, 2.45) is 0 Å². The summed E-state index contributed by atoms with van der Waals surface area (Å²) in [5.41, 5.74) is -4.17. The minimum atomic E-state index is -2.52. The SMILES string of the molecule is CC(=O)C(O)(CC(=O)OC(C)(C)C)C(=O)OC(C)(C)C. The third kappa shape index (κ3) is 6.14. The molecule has 0 radical (unpaired) electrons. The van der Waals surface area contributed by atoms with E-state index in [2.05, 4.69) is 0 Å². The van der Waals surface area contributed by atoms with E-state index in [1.54, 1.807) is 41.5 Å². The van der Waals surface area contributed by atoms with Crippen LogP contribution in [0.2, 0.25) is 0 Å². The van der Waals surface area contributed by atoms with Gasteiger partial charge in [-0.1, -0.05) is 0 Å². The highest BCUT2D eigenvalue weighted by molar-refractivity contribution is 6.08. The Hall–Kier alpha value is -1.43. The monoisotopic (exact) mass is 288 g/mol. The Labute approximate surface area is 119 Å². The zero-order chi connectivity index (χ0) is 16.4. The molecule has 0 aliphatic heterocycles. The van der Waals surface area contributed by atoms with Gasteiger partial charge < -0.3 is 14.6 Å². The van der Waals surface area contributed by atoms with Gasteiger partial charge in [0.05, 0.1) is 6.42 Å². The Balaban J connectivity index is 5.09. The van der Waals surface area contributed by atoms with E-state index in [1.807, 2.05) is 0 Å². The lowest BCUT2D eigenvalue weighted by molar-refractivity contribution is -0.186. The predicted octanol–water partition coefficient (Wildman–Crippen LogP) is 1.38. The first-order chi connectivity index (χ1) is 8.67. The van der Waals surface area contributed by atoms with Gasteiger partial charge in [-0.25, -0.2) is 4.79 Å². The van der Waals surface area contributed by atoms with Crippen LogP contribution in [0.3, 0.4) is 0 Å². The lowest BCUT2D eigenvalue weighted by Gasteiger charge is -2.29. The van der Waals surface area contributed by atoms with Gasteiger partial charge >= 0.3 is 11.9 Å². The first kappa shape index (κ1) is 18.6. The highest BCUT2D eigenvalue weighted by Crippen LogP contribution is 2.21. The van der Waals surface area contributed by atoms with Crippen LogP contribution in [0.15, 0.2) is 0 Å². The molecule has 1 N–H and O–H groups in total. The molecule has 0 fully saturated rings. The Kier molecular flexibility index (Phi) is 5.49. The van der Waals surface area contributed by atoms with Crippen LogP contribution in [0.5, 0.6) is 0 Å². The summed E-state index contributed by atoms with van der Waals surface area (Å²) in [5, 5.41) is 10.2. The highest BCUT2D eigenvalue weighted by Gasteiger charge is 2.47. The number of rotatable bonds is 4. The second-order valence-corrected chi connectivity index (χ2v) is 6.68. The molecule has 0 aromatic carbocycles. The first-order valence-corrected chi connectivity index (χ1v) is 6.36. The van der Waals surface area contributed by atoms with Crippen LogP contribution >= 0.6 is 0 Å². The van der Waals surface area contributed by atoms with Gasteiger partial charge in [-0.3, -0.25) is 9.59 Å². The van der Waals surface area contributed by atoms with Gasteiger partial charge in [0.2, 0.25) is 5.60 Å². The molecular weight excluding hydrogens is 264 g/mol. The van der Waals surface area contributed by atoms with E-state index in [1.165, 1.54) is 0 Å². The van der Waals surface area contributed by atoms with Crippen molar-refractivity contribution in [2.45, 2.75) is 71.7 Å². The molecule has 0 aliphatic rings. The molecule has 0 heterocycles. The number of carbonyl (C=O) groups excluding carboxylic acids is 3. The average molecular weight is 288 g/mol. The van der Waals surface area contributed by atoms with E-state index in [0.29, 0.717) is 0 Å². The Bertz CT molecular complexity index is 399. The zero-order valence-corrected chi connectivity index (χ0v) is 13.2. The third-order valence-corrected chi connectivity index (χ3v) is 2.14. The Morgan fingerprint density at radius 2 is 1.30 bits per heavy atom. The molecule has 0 rings (SSSR count). The fourth-order valence-corrected chi connectivity index (χ4v) is 1.29. The predicted molar refractivity (Wildman–Crippen MR) is 71.9 cm³/mol. The number of Topliss-reactive ketones (excluding diaryl/α,β-unsaturated/α-hetero) is 1. The molecule has 0 bridgehead atoms. The molecule has 0 saturated carbocycles. The van der Waals surface area contributed by atoms with Crippen LogP contribution in [-0.2, 0) is 23.9 Å². The second kappa shape index (κ2) is 5.91. The van der Waals surface area contributed by atoms with Crippen LogP contribution in [0.25, 0.3) is 0 Å². The maximum Gasteiger partial charge on any atom is 0.347 e. The second-order valence-electron chi connectivity index (χ2n) is 6.68. The number of ether oxygens (including phenoxy) is 2. The molecule has 0 aliphatic carbocycles. The van der Waals surface area contributed by atoms with Crippen LogP contribution in [0.4, 0.5) is 0 Å². The third-order valence-electron chi connectivity index (χ3n) is 2.14. The molecule has 1 unspecified atom stereocenters. The lowest BCUT2D eigenvalue weighted by atomic mass is 9.95. The molecule has 0 aromatic rings. The molecule has 0 spiro atoms. The summed E-state index contributed by atoms with van der Waals surface area (Å²) in [6, 6.07) is 0. The Morgan fingerprint density at radius 1 is 0.900 bits per heavy atom. The van der Waals surface area contributed by atoms with E-state index in [9.17, 15) is 19.5 Å². The van der Waals surface area contributed by atoms with Gasteiger partial charge in [0.25, 0.3) is 0 Å². The van der Waals surface area contributed by atoms with Crippen molar-refractivity contribution in [3.8, 4) is 0 Å². The molecular formula is C14H24O6. The summed E-state index contributed by atoms with van der Waals surface area (Å²) in [6.07, 6.45) is -0.769. The average Bonchev–Trinajstić information content (AvgIpc) is 2.10. The first-order valence-electron chi connectivity index (χ1n) is 6.36. The molecule has 0 amide bonds. The van der Waals surface area contributed by atoms with Gasteiger partial charge in [-0.15, -0.1) is 0 Å². The van der Waals surface area contributed by atoms with E-state index < -0.39 is 40.9 Å². The van der Waals surface area contributed by atoms with Gasteiger partial charge in [0, 0.05) is 0 Å². The highest BCUT2D eigenvalue weighted by atomic mass is 16.6. The summed E-state index contributed by atoms with van der Waals surface area (Å²) < 4.78 is 9.98. The quantitative estimate of drug-likeness (QED) is 0.621. The summed E-state index contributed by atoms with van der Waals surface area (Å²) in [7, 11) is 0. The van der Waals surface area contributed by atoms with Crippen molar-refractivity contribution in [3.63, 3.8) is 0 Å². The Morgan fingerprint density at radius 3 is 1.60 bits per heavy atom. The summed E-state index contributed by atoms with van der Waals surface area (Å²) in [4.78, 5) is 35.2. The normalized spacial score (nSPS) is 15.2. The van der Waals surface area contributed by atoms with Gasteiger partial charge in [-0.05, 0) is 48.5 Å². The molecule has 6 heteroatoms. The van der Waals surface area contributed by atoms with Crippen molar-refractivity contribution in [2.75, 3.05) is 0 Å². The lowest BCUT2D eigenvalue weighted by Crippen LogP contribution is -2.51. The zero-order valence-electron chi connectivity index (χ0n) is 13.2. The number of hydrogen-bond donors (Lipinski definition) is 1. The van der Waals surface area contributed by atoms with E-state index in [4.69, 9.17) is 9.47 Å². The van der Waals surface area contributed by atoms with Crippen molar-refractivity contribution in [3.05, 3.63) is 0 Å². The largest absolute Gasteiger partial charge is 0.460 e. The number of hydrogen-bond acceptors (Lipinski definition) is 6. The van der Waals surface area contributed by atoms with Crippen molar-refractivity contribution in [1.29, 1.82) is 0 Å². The summed E-state index contributed by atoms with van der Waals surface area (Å²) in [6.45, 7) is 10.7. The van der Waals surface area contributed by atoms with Crippen molar-refractivity contribution < 1.29 is 29.0 Å². The van der Waals surface area contributed by atoms with E-state index >= 15 is 0 Å². The topological polar surface area (TPSA) is 89.9 Å². The molecule has 0 aromatic heterocycles. The molecule has 116 valence electrons. The van der Waals surface area contributed by atoms with Crippen molar-refractivity contribution >= 4 is 17.7 Å². The minimum Gasteiger partial charge on any atom is -0.460 e. The van der Waals surface area contributed by atoms with Crippen LogP contribution in [-0.4, -0.2) is 39.6 Å². The van der Waals surface area contributed by atoms with Crippen LogP contribution in [0.1, 0.15) is 54.9 Å². The van der Waals surface area contributed by atoms with Crippen molar-refractivity contribution in [1.82, 2.24) is 0 Å². The number of ketones is 1. The smallest absolute Gasteiger partial charge is 0.347 e. The number of carbonyl (C=O) groups is 3. The summed E-state index contributed by atoms with van der Waals surface area (Å²) >= 11 is 0. The molecule has 6 nitrogen and oxygen atoms in total. The van der Waals surface area contributed by atoms with Gasteiger partial charge in [-0.2, -0.15) is 0 Å². The molecule has 20 heavy (non-hydrogen) atoms. The number of esters is 2. The maximum atomic E-state index is 11.9. The maximum absolute atomic E-state index is 11.9. The van der Waals surface area contributed by atoms with Gasteiger partial charge in [0.1, 0.15) is 11.2 Å². The van der Waals surface area contributed by atoms with Crippen LogP contribution in [0, 0.1) is 0 Å². The minimum absolute atomic E-state index is 0.769. The number of aliphatic hydroxyl groups is 1. The van der Waals surface area contributed by atoms with E-state index in [0.717, 1.165) is 6.92 Å². The molecule has 0 saturated heterocycles. The molecule has 1 atom stereocenters. The fourth-order valence-electron chi connectivity index (χ4n) is 1.29. The van der Waals surface area contributed by atoms with E-state index in [-0.39, 0.29) is 0 Å².